The number of hydrogen-bond acceptors (Lipinski definition) is 7. The zero-order valence-electron chi connectivity index (χ0n) is 23.2. The average molecular weight is 545 g/mol. The number of aryl methyl sites for hydroxylation is 1. The monoisotopic (exact) mass is 544 g/mol. The van der Waals surface area contributed by atoms with Crippen LogP contribution < -0.4 is 9.47 Å². The molecule has 208 valence electrons. The number of cyclic esters (lactones) is 2. The summed E-state index contributed by atoms with van der Waals surface area (Å²) in [4.78, 5) is 30.9. The summed E-state index contributed by atoms with van der Waals surface area (Å²) in [5, 5.41) is 13.7. The van der Waals surface area contributed by atoms with Gasteiger partial charge in [-0.25, -0.2) is 14.3 Å². The second-order valence-corrected chi connectivity index (χ2v) is 10.4. The van der Waals surface area contributed by atoms with Crippen molar-refractivity contribution in [1.29, 1.82) is 0 Å². The summed E-state index contributed by atoms with van der Waals surface area (Å²) in [5.41, 5.74) is 2.74. The quantitative estimate of drug-likeness (QED) is 0.144. The van der Waals surface area contributed by atoms with Gasteiger partial charge in [-0.15, -0.1) is 0 Å². The van der Waals surface area contributed by atoms with E-state index in [9.17, 15) is 14.8 Å². The molecule has 1 aliphatic heterocycles. The summed E-state index contributed by atoms with van der Waals surface area (Å²) in [6, 6.07) is 16.7. The topological polar surface area (TPSA) is 112 Å². The van der Waals surface area contributed by atoms with Crippen LogP contribution in [0.2, 0.25) is 0 Å². The van der Waals surface area contributed by atoms with E-state index in [-0.39, 0.29) is 12.4 Å². The zero-order valence-corrected chi connectivity index (χ0v) is 23.2. The average Bonchev–Trinajstić information content (AvgIpc) is 3.41. The van der Waals surface area contributed by atoms with Gasteiger partial charge in [-0.05, 0) is 23.3 Å². The summed E-state index contributed by atoms with van der Waals surface area (Å²) in [6.45, 7) is 7.22. The molecule has 0 amide bonds. The first-order chi connectivity index (χ1) is 19.1. The molecule has 0 saturated carbocycles. The summed E-state index contributed by atoms with van der Waals surface area (Å²) < 4.78 is 21.4. The minimum atomic E-state index is -1.40. The van der Waals surface area contributed by atoms with E-state index in [0.717, 1.165) is 21.8 Å². The third-order valence-corrected chi connectivity index (χ3v) is 7.24. The van der Waals surface area contributed by atoms with E-state index in [0.29, 0.717) is 23.6 Å². The van der Waals surface area contributed by atoms with Gasteiger partial charge in [0.2, 0.25) is 0 Å². The van der Waals surface area contributed by atoms with Crippen molar-refractivity contribution < 1.29 is 28.5 Å². The van der Waals surface area contributed by atoms with Crippen LogP contribution in [0.5, 0.6) is 5.75 Å². The molecule has 1 aliphatic rings. The highest BCUT2D eigenvalue weighted by Crippen LogP contribution is 2.38. The van der Waals surface area contributed by atoms with Gasteiger partial charge < -0.3 is 24.0 Å². The molecule has 0 spiro atoms. The van der Waals surface area contributed by atoms with E-state index in [1.807, 2.05) is 59.6 Å². The predicted molar refractivity (Wildman–Crippen MR) is 144 cm³/mol. The maximum absolute atomic E-state index is 13.7. The van der Waals surface area contributed by atoms with Gasteiger partial charge >= 0.3 is 11.9 Å². The SMILES string of the molecule is Cc1c(C)[n+]([O-])c([C@@H](c2ccc(OCc3nccn3C)cc2)C2C(=O)OC(C)(C)OC2=O)n1Cc1ccccc1. The van der Waals surface area contributed by atoms with Crippen molar-refractivity contribution in [1.82, 2.24) is 14.1 Å². The first-order valence-electron chi connectivity index (χ1n) is 13.0. The van der Waals surface area contributed by atoms with Gasteiger partial charge in [-0.1, -0.05) is 42.5 Å². The molecule has 1 saturated heterocycles. The smallest absolute Gasteiger partial charge is 0.324 e. The number of nitrogens with zero attached hydrogens (tertiary/aromatic N) is 4. The molecule has 10 heteroatoms. The van der Waals surface area contributed by atoms with Crippen molar-refractivity contribution in [3.63, 3.8) is 0 Å². The third-order valence-electron chi connectivity index (χ3n) is 7.24. The molecule has 1 fully saturated rings. The molecule has 1 atom stereocenters. The van der Waals surface area contributed by atoms with Gasteiger partial charge in [0.05, 0.1) is 0 Å². The molecular formula is C30H32N4O6. The van der Waals surface area contributed by atoms with Crippen LogP contribution in [0.3, 0.4) is 0 Å². The molecule has 2 aromatic carbocycles. The molecule has 4 aromatic rings. The van der Waals surface area contributed by atoms with Crippen LogP contribution in [0, 0.1) is 25.0 Å². The Morgan fingerprint density at radius 2 is 1.70 bits per heavy atom. The van der Waals surface area contributed by atoms with Crippen molar-refractivity contribution in [2.45, 2.75) is 52.6 Å². The van der Waals surface area contributed by atoms with Gasteiger partial charge in [-0.3, -0.25) is 9.59 Å². The Balaban J connectivity index is 1.58. The lowest BCUT2D eigenvalue weighted by Crippen LogP contribution is -2.50. The van der Waals surface area contributed by atoms with E-state index in [1.165, 1.54) is 13.8 Å². The Hall–Kier alpha value is -4.60. The fraction of sp³-hybridized carbons (Fsp3) is 0.333. The maximum atomic E-state index is 13.7. The summed E-state index contributed by atoms with van der Waals surface area (Å²) in [6.07, 6.45) is 3.53. The lowest BCUT2D eigenvalue weighted by molar-refractivity contribution is -0.621. The first kappa shape index (κ1) is 27.0. The minimum absolute atomic E-state index is 0.249. The molecule has 3 heterocycles. The zero-order chi connectivity index (χ0) is 28.6. The van der Waals surface area contributed by atoms with Crippen LogP contribution in [0.15, 0.2) is 67.0 Å². The number of aromatic nitrogens is 4. The predicted octanol–water partition coefficient (Wildman–Crippen LogP) is 3.68. The number of carbonyl (C=O) groups is 2. The normalized spacial score (nSPS) is 15.9. The van der Waals surface area contributed by atoms with E-state index < -0.39 is 29.6 Å². The lowest BCUT2D eigenvalue weighted by atomic mass is 9.84. The first-order valence-corrected chi connectivity index (χ1v) is 13.0. The van der Waals surface area contributed by atoms with Gasteiger partial charge in [0.1, 0.15) is 42.0 Å². The van der Waals surface area contributed by atoms with Crippen molar-refractivity contribution in [2.24, 2.45) is 13.0 Å². The number of esters is 2. The Kier molecular flexibility index (Phi) is 7.10. The molecule has 0 N–H and O–H groups in total. The third kappa shape index (κ3) is 5.16. The van der Waals surface area contributed by atoms with Gasteiger partial charge in [0.25, 0.3) is 11.6 Å². The fourth-order valence-electron chi connectivity index (χ4n) is 5.00. The number of ether oxygens (including phenoxy) is 3. The van der Waals surface area contributed by atoms with Crippen molar-refractivity contribution in [3.05, 3.63) is 106 Å². The van der Waals surface area contributed by atoms with Gasteiger partial charge in [-0.2, -0.15) is 0 Å². The molecule has 40 heavy (non-hydrogen) atoms. The highest BCUT2D eigenvalue weighted by molar-refractivity contribution is 5.98. The van der Waals surface area contributed by atoms with Crippen LogP contribution in [-0.2, 0) is 39.3 Å². The van der Waals surface area contributed by atoms with Gasteiger partial charge in [0.15, 0.2) is 5.92 Å². The van der Waals surface area contributed by atoms with Crippen LogP contribution in [0.4, 0.5) is 0 Å². The highest BCUT2D eigenvalue weighted by Gasteiger charge is 2.52. The van der Waals surface area contributed by atoms with E-state index in [2.05, 4.69) is 4.98 Å². The fourth-order valence-corrected chi connectivity index (χ4v) is 5.00. The second-order valence-electron chi connectivity index (χ2n) is 10.4. The maximum Gasteiger partial charge on any atom is 0.324 e. The lowest BCUT2D eigenvalue weighted by Gasteiger charge is -2.35. The molecular weight excluding hydrogens is 512 g/mol. The van der Waals surface area contributed by atoms with E-state index in [1.54, 1.807) is 37.4 Å². The van der Waals surface area contributed by atoms with Crippen LogP contribution in [0.1, 0.15) is 53.9 Å². The number of hydrogen-bond donors (Lipinski definition) is 0. The Bertz CT molecular complexity index is 1520. The van der Waals surface area contributed by atoms with Crippen LogP contribution in [-0.4, -0.2) is 31.8 Å². The van der Waals surface area contributed by atoms with Crippen molar-refractivity contribution in [3.8, 4) is 5.75 Å². The molecule has 0 bridgehead atoms. The number of carbonyl (C=O) groups excluding carboxylic acids is 2. The Labute approximate surface area is 232 Å². The largest absolute Gasteiger partial charge is 0.711 e. The van der Waals surface area contributed by atoms with Crippen LogP contribution in [0.25, 0.3) is 0 Å². The van der Waals surface area contributed by atoms with E-state index >= 15 is 0 Å². The number of imidazole rings is 2. The molecule has 0 unspecified atom stereocenters. The molecule has 10 nitrogen and oxygen atoms in total. The van der Waals surface area contributed by atoms with Crippen molar-refractivity contribution >= 4 is 11.9 Å². The van der Waals surface area contributed by atoms with E-state index in [4.69, 9.17) is 14.2 Å². The Morgan fingerprint density at radius 1 is 1.05 bits per heavy atom. The van der Waals surface area contributed by atoms with Crippen molar-refractivity contribution in [2.75, 3.05) is 0 Å². The summed E-state index contributed by atoms with van der Waals surface area (Å²) >= 11 is 0. The second kappa shape index (κ2) is 10.5. The minimum Gasteiger partial charge on any atom is -0.711 e. The van der Waals surface area contributed by atoms with Crippen LogP contribution >= 0.6 is 0 Å². The molecule has 2 aromatic heterocycles. The summed E-state index contributed by atoms with van der Waals surface area (Å²) in [5.74, 6) is -3.67. The Morgan fingerprint density at radius 3 is 2.30 bits per heavy atom. The molecule has 5 rings (SSSR count). The van der Waals surface area contributed by atoms with Gasteiger partial charge in [0, 0.05) is 47.1 Å². The summed E-state index contributed by atoms with van der Waals surface area (Å²) in [7, 11) is 1.88. The highest BCUT2D eigenvalue weighted by atomic mass is 16.7. The standard InChI is InChI=1S/C30H32N4O6/c1-19-20(2)34(37)27(33(19)17-21-9-7-6-8-10-21)25(26-28(35)39-30(3,4)40-29(26)36)22-11-13-23(14-12-22)38-18-24-31-15-16-32(24)5/h6-16,25-26H,17-18H2,1-5H3/t25-/m0/s1. The molecule has 0 radical (unpaired) electrons. The molecule has 0 aliphatic carbocycles. The number of benzene rings is 2. The number of rotatable bonds is 8.